The van der Waals surface area contributed by atoms with E-state index in [9.17, 15) is 0 Å². The zero-order valence-electron chi connectivity index (χ0n) is 13.1. The lowest BCUT2D eigenvalue weighted by Gasteiger charge is -2.28. The summed E-state index contributed by atoms with van der Waals surface area (Å²) in [5, 5.41) is 3.46. The molecule has 0 spiro atoms. The van der Waals surface area contributed by atoms with Crippen molar-refractivity contribution in [1.29, 1.82) is 0 Å². The lowest BCUT2D eigenvalue weighted by molar-refractivity contribution is 0.118. The Balaban J connectivity index is 2.00. The molecule has 4 nitrogen and oxygen atoms in total. The lowest BCUT2D eigenvalue weighted by Crippen LogP contribution is -2.36. The molecule has 20 heavy (non-hydrogen) atoms. The second kappa shape index (κ2) is 7.04. The molecule has 1 saturated heterocycles. The molecule has 0 amide bonds. The standard InChI is InChI=1S/C16H27N3O/c1-5-9-17-12(2)15-7-6-14(11-18-15)19(4)16-8-10-20-13(16)3/h6-7,11-13,16-17H,5,8-10H2,1-4H3. The minimum Gasteiger partial charge on any atom is -0.376 e. The summed E-state index contributed by atoms with van der Waals surface area (Å²) < 4.78 is 5.64. The van der Waals surface area contributed by atoms with Gasteiger partial charge >= 0.3 is 0 Å². The van der Waals surface area contributed by atoms with Crippen LogP contribution in [0.1, 0.15) is 45.3 Å². The molecule has 2 rings (SSSR count). The highest BCUT2D eigenvalue weighted by Gasteiger charge is 2.28. The molecule has 0 bridgehead atoms. The predicted octanol–water partition coefficient (Wildman–Crippen LogP) is 2.76. The maximum Gasteiger partial charge on any atom is 0.0750 e. The summed E-state index contributed by atoms with van der Waals surface area (Å²) in [7, 11) is 2.13. The molecular formula is C16H27N3O. The van der Waals surface area contributed by atoms with Crippen LogP contribution < -0.4 is 10.2 Å². The quantitative estimate of drug-likeness (QED) is 0.867. The highest BCUT2D eigenvalue weighted by atomic mass is 16.5. The molecule has 0 aromatic carbocycles. The van der Waals surface area contributed by atoms with Crippen molar-refractivity contribution in [2.24, 2.45) is 0 Å². The first-order valence-electron chi connectivity index (χ1n) is 7.67. The summed E-state index contributed by atoms with van der Waals surface area (Å²) >= 11 is 0. The van der Waals surface area contributed by atoms with Gasteiger partial charge < -0.3 is 15.0 Å². The fourth-order valence-electron chi connectivity index (χ4n) is 2.75. The molecule has 0 saturated carbocycles. The van der Waals surface area contributed by atoms with Crippen LogP contribution in [0.15, 0.2) is 18.3 Å². The summed E-state index contributed by atoms with van der Waals surface area (Å²) in [5.41, 5.74) is 2.27. The van der Waals surface area contributed by atoms with Gasteiger partial charge in [0.1, 0.15) is 0 Å². The SMILES string of the molecule is CCCNC(C)c1ccc(N(C)C2CCOC2C)cn1. The topological polar surface area (TPSA) is 37.4 Å². The minimum absolute atomic E-state index is 0.296. The van der Waals surface area contributed by atoms with E-state index < -0.39 is 0 Å². The second-order valence-electron chi connectivity index (χ2n) is 5.66. The molecule has 112 valence electrons. The number of hydrogen-bond donors (Lipinski definition) is 1. The smallest absolute Gasteiger partial charge is 0.0750 e. The van der Waals surface area contributed by atoms with Gasteiger partial charge in [0, 0.05) is 19.7 Å². The van der Waals surface area contributed by atoms with Gasteiger partial charge in [-0.1, -0.05) is 6.92 Å². The van der Waals surface area contributed by atoms with E-state index in [1.165, 1.54) is 5.69 Å². The molecule has 3 atom stereocenters. The third kappa shape index (κ3) is 3.49. The Morgan fingerprint density at radius 3 is 2.85 bits per heavy atom. The summed E-state index contributed by atoms with van der Waals surface area (Å²) in [6.45, 7) is 8.37. The number of anilines is 1. The normalized spacial score (nSPS) is 23.8. The zero-order chi connectivity index (χ0) is 14.5. The molecule has 4 heteroatoms. The molecule has 0 aliphatic carbocycles. The average Bonchev–Trinajstić information content (AvgIpc) is 2.90. The van der Waals surface area contributed by atoms with Crippen LogP contribution in [-0.2, 0) is 4.74 Å². The molecule has 1 aromatic rings. The van der Waals surface area contributed by atoms with Crippen LogP contribution >= 0.6 is 0 Å². The molecular weight excluding hydrogens is 250 g/mol. The summed E-state index contributed by atoms with van der Waals surface area (Å²) in [5.74, 6) is 0. The van der Waals surface area contributed by atoms with Crippen molar-refractivity contribution in [3.8, 4) is 0 Å². The first-order chi connectivity index (χ1) is 9.63. The monoisotopic (exact) mass is 277 g/mol. The number of hydrogen-bond acceptors (Lipinski definition) is 4. The first kappa shape index (κ1) is 15.3. The van der Waals surface area contributed by atoms with Crippen LogP contribution in [-0.4, -0.2) is 37.3 Å². The van der Waals surface area contributed by atoms with Crippen LogP contribution in [0, 0.1) is 0 Å². The van der Waals surface area contributed by atoms with Crippen molar-refractivity contribution in [1.82, 2.24) is 10.3 Å². The van der Waals surface area contributed by atoms with Gasteiger partial charge in [-0.2, -0.15) is 0 Å². The van der Waals surface area contributed by atoms with E-state index in [4.69, 9.17) is 4.74 Å². The Morgan fingerprint density at radius 1 is 1.50 bits per heavy atom. The zero-order valence-corrected chi connectivity index (χ0v) is 13.1. The van der Waals surface area contributed by atoms with Gasteiger partial charge in [0.25, 0.3) is 0 Å². The third-order valence-corrected chi connectivity index (χ3v) is 4.16. The highest BCUT2D eigenvalue weighted by Crippen LogP contribution is 2.24. The minimum atomic E-state index is 0.296. The van der Waals surface area contributed by atoms with E-state index in [1.807, 2.05) is 6.20 Å². The van der Waals surface area contributed by atoms with Crippen molar-refractivity contribution in [2.45, 2.75) is 51.8 Å². The van der Waals surface area contributed by atoms with E-state index in [0.717, 1.165) is 31.7 Å². The summed E-state index contributed by atoms with van der Waals surface area (Å²) in [4.78, 5) is 6.89. The fraction of sp³-hybridized carbons (Fsp3) is 0.688. The van der Waals surface area contributed by atoms with Gasteiger partial charge in [-0.3, -0.25) is 4.98 Å². The number of nitrogens with zero attached hydrogens (tertiary/aromatic N) is 2. The number of nitrogens with one attached hydrogen (secondary N) is 1. The molecule has 3 unspecified atom stereocenters. The van der Waals surface area contributed by atoms with Crippen LogP contribution in [0.3, 0.4) is 0 Å². The Labute approximate surface area is 122 Å². The Kier molecular flexibility index (Phi) is 5.38. The molecule has 0 radical (unpaired) electrons. The summed E-state index contributed by atoms with van der Waals surface area (Å²) in [6, 6.07) is 5.05. The molecule has 2 heterocycles. The highest BCUT2D eigenvalue weighted by molar-refractivity contribution is 5.45. The van der Waals surface area contributed by atoms with E-state index in [0.29, 0.717) is 18.2 Å². The van der Waals surface area contributed by atoms with Gasteiger partial charge in [-0.05, 0) is 45.4 Å². The number of ether oxygens (including phenoxy) is 1. The Bertz CT molecular complexity index is 407. The predicted molar refractivity (Wildman–Crippen MR) is 83.2 cm³/mol. The number of rotatable bonds is 6. The van der Waals surface area contributed by atoms with Crippen molar-refractivity contribution in [3.63, 3.8) is 0 Å². The van der Waals surface area contributed by atoms with Gasteiger partial charge in [-0.15, -0.1) is 0 Å². The largest absolute Gasteiger partial charge is 0.376 e. The molecule has 1 aromatic heterocycles. The second-order valence-corrected chi connectivity index (χ2v) is 5.66. The van der Waals surface area contributed by atoms with Crippen LogP contribution in [0.5, 0.6) is 0 Å². The lowest BCUT2D eigenvalue weighted by atomic mass is 10.1. The Morgan fingerprint density at radius 2 is 2.30 bits per heavy atom. The first-order valence-corrected chi connectivity index (χ1v) is 7.67. The van der Waals surface area contributed by atoms with Crippen molar-refractivity contribution in [3.05, 3.63) is 24.0 Å². The van der Waals surface area contributed by atoms with E-state index >= 15 is 0 Å². The van der Waals surface area contributed by atoms with Gasteiger partial charge in [-0.25, -0.2) is 0 Å². The average molecular weight is 277 g/mol. The van der Waals surface area contributed by atoms with Crippen LogP contribution in [0.4, 0.5) is 5.69 Å². The molecule has 1 N–H and O–H groups in total. The van der Waals surface area contributed by atoms with Crippen LogP contribution in [0.2, 0.25) is 0 Å². The van der Waals surface area contributed by atoms with Gasteiger partial charge in [0.2, 0.25) is 0 Å². The van der Waals surface area contributed by atoms with E-state index in [2.05, 4.69) is 55.2 Å². The van der Waals surface area contributed by atoms with Crippen LogP contribution in [0.25, 0.3) is 0 Å². The van der Waals surface area contributed by atoms with Crippen molar-refractivity contribution >= 4 is 5.69 Å². The van der Waals surface area contributed by atoms with Crippen molar-refractivity contribution in [2.75, 3.05) is 25.1 Å². The fourth-order valence-corrected chi connectivity index (χ4v) is 2.75. The van der Waals surface area contributed by atoms with E-state index in [-0.39, 0.29) is 0 Å². The number of pyridine rings is 1. The van der Waals surface area contributed by atoms with Gasteiger partial charge in [0.15, 0.2) is 0 Å². The van der Waals surface area contributed by atoms with E-state index in [1.54, 1.807) is 0 Å². The van der Waals surface area contributed by atoms with Crippen molar-refractivity contribution < 1.29 is 4.74 Å². The molecule has 1 aliphatic heterocycles. The maximum atomic E-state index is 5.64. The summed E-state index contributed by atoms with van der Waals surface area (Å²) in [6.07, 6.45) is 4.51. The third-order valence-electron chi connectivity index (χ3n) is 4.16. The maximum absolute atomic E-state index is 5.64. The molecule has 1 aliphatic rings. The number of aromatic nitrogens is 1. The van der Waals surface area contributed by atoms with Gasteiger partial charge in [0.05, 0.1) is 29.7 Å². The number of likely N-dealkylation sites (N-methyl/N-ethyl adjacent to an activating group) is 1. The molecule has 1 fully saturated rings. The Hall–Kier alpha value is -1.13.